The number of aryl methyl sites for hydroxylation is 1. The van der Waals surface area contributed by atoms with Gasteiger partial charge in [0, 0.05) is 23.8 Å². The Labute approximate surface area is 158 Å². The van der Waals surface area contributed by atoms with Crippen molar-refractivity contribution in [3.63, 3.8) is 0 Å². The second-order valence-electron chi connectivity index (χ2n) is 6.16. The third-order valence-electron chi connectivity index (χ3n) is 4.33. The molecule has 1 aromatic heterocycles. The Morgan fingerprint density at radius 3 is 2.56 bits per heavy atom. The smallest absolute Gasteiger partial charge is 0.254 e. The molecule has 2 rings (SSSR count). The predicted molar refractivity (Wildman–Crippen MR) is 103 cm³/mol. The van der Waals surface area contributed by atoms with Gasteiger partial charge in [0.05, 0.1) is 12.3 Å². The number of H-pyrrole nitrogens is 1. The van der Waals surface area contributed by atoms with Crippen molar-refractivity contribution in [1.82, 2.24) is 9.97 Å². The Morgan fingerprint density at radius 1 is 1.26 bits per heavy atom. The fraction of sp³-hybridized carbons (Fsp3) is 0.450. The summed E-state index contributed by atoms with van der Waals surface area (Å²) in [5.74, 6) is 0.388. The van der Waals surface area contributed by atoms with Gasteiger partial charge in [0.1, 0.15) is 17.7 Å². The van der Waals surface area contributed by atoms with E-state index in [0.29, 0.717) is 47.7 Å². The molecule has 0 fully saturated rings. The Kier molecular flexibility index (Phi) is 7.12. The van der Waals surface area contributed by atoms with Crippen LogP contribution in [0, 0.1) is 0 Å². The Bertz CT molecular complexity index is 861. The Morgan fingerprint density at radius 2 is 2.00 bits per heavy atom. The van der Waals surface area contributed by atoms with E-state index in [2.05, 4.69) is 9.97 Å². The first-order valence-electron chi connectivity index (χ1n) is 9.17. The molecule has 1 amide bonds. The van der Waals surface area contributed by atoms with E-state index < -0.39 is 12.0 Å². The van der Waals surface area contributed by atoms with Gasteiger partial charge in [-0.2, -0.15) is 0 Å². The largest absolute Gasteiger partial charge is 0.493 e. The number of hydrogen-bond acceptors (Lipinski definition) is 5. The van der Waals surface area contributed by atoms with E-state index in [1.54, 1.807) is 18.2 Å². The number of hydrogen-bond donors (Lipinski definition) is 2. The maximum Gasteiger partial charge on any atom is 0.254 e. The van der Waals surface area contributed by atoms with E-state index in [4.69, 9.17) is 15.2 Å². The second kappa shape index (κ2) is 9.32. The lowest BCUT2D eigenvalue weighted by Crippen LogP contribution is -2.23. The molecule has 0 saturated carbocycles. The number of aromatic nitrogens is 2. The van der Waals surface area contributed by atoms with Crippen LogP contribution in [-0.4, -0.2) is 29.6 Å². The van der Waals surface area contributed by atoms with Crippen LogP contribution in [0.3, 0.4) is 0 Å². The van der Waals surface area contributed by atoms with Crippen molar-refractivity contribution in [3.05, 3.63) is 56.8 Å². The molecule has 0 radical (unpaired) electrons. The third-order valence-corrected chi connectivity index (χ3v) is 4.33. The van der Waals surface area contributed by atoms with Crippen molar-refractivity contribution in [2.45, 2.75) is 46.1 Å². The highest BCUT2D eigenvalue weighted by Crippen LogP contribution is 2.32. The van der Waals surface area contributed by atoms with E-state index in [9.17, 15) is 9.59 Å². The van der Waals surface area contributed by atoms with E-state index in [1.165, 1.54) is 7.11 Å². The molecule has 0 aliphatic rings. The standard InChI is InChI=1S/C20H27N3O4/c1-5-10-27-16-9-8-12(18(21)24)11-14(16)17(26-4)19-22-15(7-3)13(6-2)20(25)23-19/h8-9,11,17H,5-7,10H2,1-4H3,(H2,21,24)(H,22,23,25). The number of carbonyl (C=O) groups excluding carboxylic acids is 1. The van der Waals surface area contributed by atoms with Crippen molar-refractivity contribution in [3.8, 4) is 5.75 Å². The summed E-state index contributed by atoms with van der Waals surface area (Å²) in [7, 11) is 1.52. The minimum Gasteiger partial charge on any atom is -0.493 e. The van der Waals surface area contributed by atoms with Crippen LogP contribution < -0.4 is 16.0 Å². The molecule has 0 spiro atoms. The molecule has 1 atom stereocenters. The maximum atomic E-state index is 12.5. The zero-order valence-electron chi connectivity index (χ0n) is 16.3. The van der Waals surface area contributed by atoms with Gasteiger partial charge in [0.2, 0.25) is 5.91 Å². The van der Waals surface area contributed by atoms with Crippen LogP contribution in [0.5, 0.6) is 5.75 Å². The van der Waals surface area contributed by atoms with Crippen LogP contribution >= 0.6 is 0 Å². The van der Waals surface area contributed by atoms with E-state index in [1.807, 2.05) is 20.8 Å². The zero-order chi connectivity index (χ0) is 20.0. The highest BCUT2D eigenvalue weighted by atomic mass is 16.5. The number of nitrogens with two attached hydrogens (primary N) is 1. The van der Waals surface area contributed by atoms with Crippen molar-refractivity contribution in [2.75, 3.05) is 13.7 Å². The highest BCUT2D eigenvalue weighted by Gasteiger charge is 2.23. The average molecular weight is 373 g/mol. The van der Waals surface area contributed by atoms with Crippen LogP contribution in [0.2, 0.25) is 0 Å². The predicted octanol–water partition coefficient (Wildman–Crippen LogP) is 2.52. The number of benzene rings is 1. The summed E-state index contributed by atoms with van der Waals surface area (Å²) in [5, 5.41) is 0. The fourth-order valence-electron chi connectivity index (χ4n) is 2.98. The lowest BCUT2D eigenvalue weighted by molar-refractivity contribution is 0.0999. The fourth-order valence-corrected chi connectivity index (χ4v) is 2.98. The molecule has 1 heterocycles. The molecular weight excluding hydrogens is 346 g/mol. The van der Waals surface area contributed by atoms with Gasteiger partial charge >= 0.3 is 0 Å². The number of amides is 1. The molecule has 0 aliphatic carbocycles. The minimum atomic E-state index is -0.694. The number of aromatic amines is 1. The molecule has 7 nitrogen and oxygen atoms in total. The molecule has 0 aliphatic heterocycles. The lowest BCUT2D eigenvalue weighted by Gasteiger charge is -2.20. The number of nitrogens with zero attached hydrogens (tertiary/aromatic N) is 1. The molecule has 2 aromatic rings. The Hall–Kier alpha value is -2.67. The van der Waals surface area contributed by atoms with Crippen LogP contribution in [0.25, 0.3) is 0 Å². The summed E-state index contributed by atoms with van der Waals surface area (Å²) in [6.45, 7) is 6.39. The van der Waals surface area contributed by atoms with Gasteiger partial charge in [-0.1, -0.05) is 20.8 Å². The highest BCUT2D eigenvalue weighted by molar-refractivity contribution is 5.93. The van der Waals surface area contributed by atoms with E-state index in [-0.39, 0.29) is 5.56 Å². The molecule has 27 heavy (non-hydrogen) atoms. The SMILES string of the molecule is CCCOc1ccc(C(N)=O)cc1C(OC)c1nc(CC)c(CC)c(=O)[nH]1. The molecule has 1 aromatic carbocycles. The van der Waals surface area contributed by atoms with Crippen molar-refractivity contribution in [1.29, 1.82) is 0 Å². The number of nitrogens with one attached hydrogen (secondary N) is 1. The van der Waals surface area contributed by atoms with Crippen molar-refractivity contribution < 1.29 is 14.3 Å². The van der Waals surface area contributed by atoms with E-state index >= 15 is 0 Å². The first kappa shape index (κ1) is 20.6. The summed E-state index contributed by atoms with van der Waals surface area (Å²) in [4.78, 5) is 31.5. The van der Waals surface area contributed by atoms with Gasteiger partial charge in [0.15, 0.2) is 0 Å². The molecular formula is C20H27N3O4. The number of rotatable bonds is 9. The number of carbonyl (C=O) groups is 1. The van der Waals surface area contributed by atoms with Gasteiger partial charge in [0.25, 0.3) is 5.56 Å². The van der Waals surface area contributed by atoms with Gasteiger partial charge < -0.3 is 20.2 Å². The molecule has 1 unspecified atom stereocenters. The van der Waals surface area contributed by atoms with Crippen molar-refractivity contribution in [2.24, 2.45) is 5.73 Å². The summed E-state index contributed by atoms with van der Waals surface area (Å²) in [6, 6.07) is 4.93. The first-order chi connectivity index (χ1) is 13.0. The summed E-state index contributed by atoms with van der Waals surface area (Å²) >= 11 is 0. The zero-order valence-corrected chi connectivity index (χ0v) is 16.3. The third kappa shape index (κ3) is 4.54. The topological polar surface area (TPSA) is 107 Å². The van der Waals surface area contributed by atoms with Crippen LogP contribution in [0.1, 0.15) is 66.3 Å². The van der Waals surface area contributed by atoms with E-state index in [0.717, 1.165) is 12.1 Å². The summed E-state index contributed by atoms with van der Waals surface area (Å²) in [6.07, 6.45) is 1.37. The number of methoxy groups -OCH3 is 1. The number of primary amides is 1. The summed E-state index contributed by atoms with van der Waals surface area (Å²) < 4.78 is 11.4. The Balaban J connectivity index is 2.62. The normalized spacial score (nSPS) is 12.0. The van der Waals surface area contributed by atoms with Gasteiger partial charge in [-0.3, -0.25) is 9.59 Å². The minimum absolute atomic E-state index is 0.177. The van der Waals surface area contributed by atoms with Crippen LogP contribution in [-0.2, 0) is 17.6 Å². The molecule has 0 saturated heterocycles. The first-order valence-corrected chi connectivity index (χ1v) is 9.17. The monoisotopic (exact) mass is 373 g/mol. The quantitative estimate of drug-likeness (QED) is 0.702. The van der Waals surface area contributed by atoms with Gasteiger partial charge in [-0.25, -0.2) is 4.98 Å². The van der Waals surface area contributed by atoms with Gasteiger partial charge in [-0.05, 0) is 37.5 Å². The number of ether oxygens (including phenoxy) is 2. The maximum absolute atomic E-state index is 12.5. The molecule has 3 N–H and O–H groups in total. The lowest BCUT2D eigenvalue weighted by atomic mass is 10.0. The molecule has 0 bridgehead atoms. The van der Waals surface area contributed by atoms with Crippen molar-refractivity contribution >= 4 is 5.91 Å². The van der Waals surface area contributed by atoms with Gasteiger partial charge in [-0.15, -0.1) is 0 Å². The molecule has 7 heteroatoms. The van der Waals surface area contributed by atoms with Crippen LogP contribution in [0.4, 0.5) is 0 Å². The summed E-state index contributed by atoms with van der Waals surface area (Å²) in [5.41, 5.74) is 7.58. The average Bonchev–Trinajstić information content (AvgIpc) is 2.66. The molecule has 146 valence electrons. The second-order valence-corrected chi connectivity index (χ2v) is 6.16. The van der Waals surface area contributed by atoms with Crippen LogP contribution in [0.15, 0.2) is 23.0 Å².